The summed E-state index contributed by atoms with van der Waals surface area (Å²) in [6.07, 6.45) is 2.24. The van der Waals surface area contributed by atoms with Crippen molar-refractivity contribution in [3.05, 3.63) is 106 Å². The predicted octanol–water partition coefficient (Wildman–Crippen LogP) is 5.38. The first-order valence-electron chi connectivity index (χ1n) is 15.7. The SMILES string of the molecule is Cl.O.O=C(NC1(c2ccccc2)CCN(CCC2(c3ccc(Cl)c(Cl)c3)CN(C(=O)c3ccccc3)CCO2)CC1)N1CCOCC1. The Kier molecular flexibility index (Phi) is 13.0. The van der Waals surface area contributed by atoms with Gasteiger partial charge in [-0.25, -0.2) is 4.79 Å². The van der Waals surface area contributed by atoms with Crippen LogP contribution in [0.3, 0.4) is 0 Å². The van der Waals surface area contributed by atoms with Gasteiger partial charge in [-0.1, -0.05) is 77.8 Å². The van der Waals surface area contributed by atoms with Crippen molar-refractivity contribution in [2.75, 3.05) is 65.6 Å². The summed E-state index contributed by atoms with van der Waals surface area (Å²) in [6, 6.07) is 25.3. The minimum absolute atomic E-state index is 0. The first kappa shape index (κ1) is 36.9. The van der Waals surface area contributed by atoms with Crippen LogP contribution in [-0.2, 0) is 20.6 Å². The molecule has 3 fully saturated rings. The van der Waals surface area contributed by atoms with Gasteiger partial charge in [0.25, 0.3) is 5.91 Å². The van der Waals surface area contributed by atoms with Crippen LogP contribution in [0.15, 0.2) is 78.9 Å². The van der Waals surface area contributed by atoms with Crippen molar-refractivity contribution in [2.45, 2.75) is 30.4 Å². The van der Waals surface area contributed by atoms with E-state index < -0.39 is 11.1 Å². The van der Waals surface area contributed by atoms with E-state index in [9.17, 15) is 9.59 Å². The highest BCUT2D eigenvalue weighted by atomic mass is 35.5. The van der Waals surface area contributed by atoms with Crippen LogP contribution in [0.25, 0.3) is 0 Å². The van der Waals surface area contributed by atoms with Gasteiger partial charge in [-0.2, -0.15) is 0 Å². The summed E-state index contributed by atoms with van der Waals surface area (Å²) in [5.74, 6) is -0.00929. The fourth-order valence-electron chi connectivity index (χ4n) is 6.76. The number of carbonyl (C=O) groups excluding carboxylic acids is 2. The lowest BCUT2D eigenvalue weighted by Crippen LogP contribution is -2.58. The van der Waals surface area contributed by atoms with Crippen LogP contribution < -0.4 is 5.32 Å². The number of rotatable bonds is 7. The van der Waals surface area contributed by atoms with E-state index >= 15 is 0 Å². The van der Waals surface area contributed by atoms with Crippen molar-refractivity contribution in [3.8, 4) is 0 Å². The van der Waals surface area contributed by atoms with Crippen LogP contribution in [0.2, 0.25) is 10.0 Å². The highest BCUT2D eigenvalue weighted by Gasteiger charge is 2.43. The van der Waals surface area contributed by atoms with Gasteiger partial charge >= 0.3 is 6.03 Å². The molecule has 3 amide bonds. The van der Waals surface area contributed by atoms with E-state index in [4.69, 9.17) is 32.7 Å². The fraction of sp³-hybridized carbons (Fsp3) is 0.429. The molecule has 3 N–H and O–H groups in total. The molecule has 3 aromatic carbocycles. The van der Waals surface area contributed by atoms with Crippen molar-refractivity contribution >= 4 is 47.5 Å². The van der Waals surface area contributed by atoms with Gasteiger partial charge in [0.15, 0.2) is 0 Å². The number of nitrogens with one attached hydrogen (secondary N) is 1. The Labute approximate surface area is 292 Å². The largest absolute Gasteiger partial charge is 0.412 e. The van der Waals surface area contributed by atoms with E-state index in [1.54, 1.807) is 6.07 Å². The van der Waals surface area contributed by atoms with Crippen LogP contribution in [-0.4, -0.2) is 97.7 Å². The Morgan fingerprint density at radius 3 is 2.06 bits per heavy atom. The van der Waals surface area contributed by atoms with Crippen molar-refractivity contribution in [1.29, 1.82) is 0 Å². The lowest BCUT2D eigenvalue weighted by molar-refractivity contribution is -0.113. The van der Waals surface area contributed by atoms with E-state index in [0.29, 0.717) is 68.0 Å². The lowest BCUT2D eigenvalue weighted by Gasteiger charge is -2.46. The first-order chi connectivity index (χ1) is 21.9. The highest BCUT2D eigenvalue weighted by Crippen LogP contribution is 2.39. The van der Waals surface area contributed by atoms with Crippen LogP contribution >= 0.6 is 35.6 Å². The molecular weight excluding hydrogens is 663 g/mol. The quantitative estimate of drug-likeness (QED) is 0.356. The normalized spacial score (nSPS) is 21.2. The zero-order valence-electron chi connectivity index (χ0n) is 26.3. The van der Waals surface area contributed by atoms with Crippen LogP contribution in [0.4, 0.5) is 4.79 Å². The third-order valence-corrected chi connectivity index (χ3v) is 10.2. The Bertz CT molecular complexity index is 1470. The summed E-state index contributed by atoms with van der Waals surface area (Å²) in [7, 11) is 0. The third-order valence-electron chi connectivity index (χ3n) is 9.45. The van der Waals surface area contributed by atoms with Crippen molar-refractivity contribution < 1.29 is 24.5 Å². The molecule has 3 saturated heterocycles. The zero-order valence-corrected chi connectivity index (χ0v) is 28.7. The molecule has 6 rings (SSSR count). The fourth-order valence-corrected chi connectivity index (χ4v) is 7.06. The van der Waals surface area contributed by atoms with Gasteiger partial charge in [-0.05, 0) is 54.7 Å². The summed E-state index contributed by atoms with van der Waals surface area (Å²) in [5, 5.41) is 4.38. The van der Waals surface area contributed by atoms with Crippen LogP contribution in [0.1, 0.15) is 40.7 Å². The number of morpholine rings is 2. The molecule has 3 aliphatic rings. The number of likely N-dealkylation sites (tertiary alicyclic amines) is 1. The lowest BCUT2D eigenvalue weighted by atomic mass is 9.80. The topological polar surface area (TPSA) is 106 Å². The predicted molar refractivity (Wildman–Crippen MR) is 187 cm³/mol. The van der Waals surface area contributed by atoms with Crippen molar-refractivity contribution in [2.24, 2.45) is 0 Å². The van der Waals surface area contributed by atoms with Gasteiger partial charge in [0.05, 0.1) is 41.9 Å². The standard InChI is InChI=1S/C35H40Cl2N4O4.ClH.H2O/c36-30-12-11-29(25-31(30)37)35(26-41(21-24-45-35)32(42)27-7-3-1-4-8-27)15-18-39-16-13-34(14-17-39,28-9-5-2-6-10-28)38-33(43)40-19-22-44-23-20-40;;/h1-12,25H,13-24,26H2,(H,38,43);1H;1H2. The van der Waals surface area contributed by atoms with Gasteiger partial charge < -0.3 is 35.0 Å². The second-order valence-corrected chi connectivity index (χ2v) is 12.9. The molecule has 0 aromatic heterocycles. The number of hydrogen-bond acceptors (Lipinski definition) is 5. The number of carbonyl (C=O) groups is 2. The summed E-state index contributed by atoms with van der Waals surface area (Å²) in [6.45, 7) is 6.06. The Balaban J connectivity index is 0.00000250. The molecule has 3 aromatic rings. The number of benzene rings is 3. The smallest absolute Gasteiger partial charge is 0.318 e. The number of nitrogens with zero attached hydrogens (tertiary/aromatic N) is 3. The van der Waals surface area contributed by atoms with E-state index in [1.807, 2.05) is 70.5 Å². The number of ether oxygens (including phenoxy) is 2. The van der Waals surface area contributed by atoms with Gasteiger partial charge in [-0.15, -0.1) is 12.4 Å². The average Bonchev–Trinajstić information content (AvgIpc) is 3.10. The Morgan fingerprint density at radius 1 is 0.766 bits per heavy atom. The monoisotopic (exact) mass is 704 g/mol. The van der Waals surface area contributed by atoms with Crippen LogP contribution in [0.5, 0.6) is 0 Å². The zero-order chi connectivity index (χ0) is 31.3. The van der Waals surface area contributed by atoms with E-state index in [-0.39, 0.29) is 29.8 Å². The number of piperidine rings is 1. The summed E-state index contributed by atoms with van der Waals surface area (Å²) < 4.78 is 12.0. The maximum absolute atomic E-state index is 13.5. The summed E-state index contributed by atoms with van der Waals surface area (Å²) in [4.78, 5) is 33.1. The molecule has 9 nitrogen and oxygen atoms in total. The van der Waals surface area contributed by atoms with Crippen LogP contribution in [0, 0.1) is 0 Å². The molecule has 1 atom stereocenters. The van der Waals surface area contributed by atoms with E-state index in [0.717, 1.165) is 43.6 Å². The molecule has 0 aliphatic carbocycles. The highest BCUT2D eigenvalue weighted by molar-refractivity contribution is 6.42. The maximum Gasteiger partial charge on any atom is 0.318 e. The maximum atomic E-state index is 13.5. The van der Waals surface area contributed by atoms with Gasteiger partial charge in [0, 0.05) is 44.8 Å². The molecule has 47 heavy (non-hydrogen) atoms. The Morgan fingerprint density at radius 2 is 1.40 bits per heavy atom. The second-order valence-electron chi connectivity index (χ2n) is 12.1. The molecule has 3 heterocycles. The molecule has 0 spiro atoms. The number of urea groups is 1. The summed E-state index contributed by atoms with van der Waals surface area (Å²) >= 11 is 12.8. The number of hydrogen-bond donors (Lipinski definition) is 1. The first-order valence-corrected chi connectivity index (χ1v) is 16.5. The van der Waals surface area contributed by atoms with Crippen molar-refractivity contribution in [3.63, 3.8) is 0 Å². The minimum Gasteiger partial charge on any atom is -0.412 e. The third kappa shape index (κ3) is 8.40. The molecule has 0 bridgehead atoms. The average molecular weight is 706 g/mol. The molecule has 3 aliphatic heterocycles. The van der Waals surface area contributed by atoms with Gasteiger partial charge in [0.2, 0.25) is 0 Å². The Hall–Kier alpha value is -2.89. The minimum atomic E-state index is -0.741. The molecule has 0 saturated carbocycles. The molecule has 0 radical (unpaired) electrons. The molecular formula is C35H43Cl3N4O5. The molecule has 254 valence electrons. The molecule has 1 unspecified atom stereocenters. The number of amides is 3. The van der Waals surface area contributed by atoms with Crippen molar-refractivity contribution in [1.82, 2.24) is 20.0 Å². The van der Waals surface area contributed by atoms with E-state index in [1.165, 1.54) is 0 Å². The number of halogens is 3. The molecule has 12 heteroatoms. The van der Waals surface area contributed by atoms with Gasteiger partial charge in [-0.3, -0.25) is 4.79 Å². The van der Waals surface area contributed by atoms with Gasteiger partial charge in [0.1, 0.15) is 5.60 Å². The summed E-state index contributed by atoms with van der Waals surface area (Å²) in [5.41, 5.74) is 1.51. The second kappa shape index (κ2) is 16.5. The van der Waals surface area contributed by atoms with E-state index in [2.05, 4.69) is 22.3 Å².